The van der Waals surface area contributed by atoms with Crippen LogP contribution >= 0.6 is 0 Å². The Hall–Kier alpha value is -2.35. The summed E-state index contributed by atoms with van der Waals surface area (Å²) >= 11 is 0. The van der Waals surface area contributed by atoms with Crippen LogP contribution in [0.3, 0.4) is 0 Å². The van der Waals surface area contributed by atoms with Crippen molar-refractivity contribution in [3.63, 3.8) is 0 Å². The maximum Gasteiger partial charge on any atom is 0.261 e. The molecular weight excluding hydrogens is 319 g/mol. The quantitative estimate of drug-likeness (QED) is 0.881. The summed E-state index contributed by atoms with van der Waals surface area (Å²) in [6.45, 7) is 0. The van der Waals surface area contributed by atoms with Gasteiger partial charge in [-0.3, -0.25) is 4.79 Å². The first kappa shape index (κ1) is 16.0. The van der Waals surface area contributed by atoms with Crippen molar-refractivity contribution in [2.75, 3.05) is 11.6 Å². The molecule has 0 heterocycles. The molecule has 0 aliphatic carbocycles. The van der Waals surface area contributed by atoms with E-state index in [-0.39, 0.29) is 5.69 Å². The number of carbonyl (C=O) groups is 1. The van der Waals surface area contributed by atoms with Gasteiger partial charge in [-0.15, -0.1) is 0 Å². The van der Waals surface area contributed by atoms with Crippen LogP contribution < -0.4 is 5.32 Å². The van der Waals surface area contributed by atoms with Crippen molar-refractivity contribution >= 4 is 21.4 Å². The number of amides is 1. The molecular formula is C14H10F3NO3S. The van der Waals surface area contributed by atoms with Crippen LogP contribution in [0.5, 0.6) is 0 Å². The SMILES string of the molecule is CS(=O)(=O)c1ccc(F)c(C(=O)Nc2ccccc2F)c1F. The minimum atomic E-state index is -3.98. The molecule has 4 nitrogen and oxygen atoms in total. The number of hydrogen-bond acceptors (Lipinski definition) is 3. The number of carbonyl (C=O) groups excluding carboxylic acids is 1. The van der Waals surface area contributed by atoms with Gasteiger partial charge in [0.1, 0.15) is 22.1 Å². The number of rotatable bonds is 3. The second-order valence-corrected chi connectivity index (χ2v) is 6.42. The molecule has 8 heteroatoms. The van der Waals surface area contributed by atoms with E-state index in [1.165, 1.54) is 18.2 Å². The maximum atomic E-state index is 14.1. The Morgan fingerprint density at radius 3 is 2.23 bits per heavy atom. The Morgan fingerprint density at radius 2 is 1.64 bits per heavy atom. The smallest absolute Gasteiger partial charge is 0.261 e. The van der Waals surface area contributed by atoms with Crippen LogP contribution in [0.4, 0.5) is 18.9 Å². The average Bonchev–Trinajstić information content (AvgIpc) is 2.40. The summed E-state index contributed by atoms with van der Waals surface area (Å²) in [6, 6.07) is 6.42. The molecule has 0 saturated heterocycles. The lowest BCUT2D eigenvalue weighted by molar-refractivity contribution is 0.101. The van der Waals surface area contributed by atoms with Gasteiger partial charge in [0.15, 0.2) is 15.7 Å². The molecule has 2 aromatic carbocycles. The molecule has 0 fully saturated rings. The zero-order valence-corrected chi connectivity index (χ0v) is 12.0. The zero-order chi connectivity index (χ0) is 16.5. The molecule has 22 heavy (non-hydrogen) atoms. The summed E-state index contributed by atoms with van der Waals surface area (Å²) < 4.78 is 64.0. The highest BCUT2D eigenvalue weighted by molar-refractivity contribution is 7.90. The van der Waals surface area contributed by atoms with E-state index in [0.717, 1.165) is 18.4 Å². The average molecular weight is 329 g/mol. The summed E-state index contributed by atoms with van der Waals surface area (Å²) in [5.41, 5.74) is -1.37. The summed E-state index contributed by atoms with van der Waals surface area (Å²) in [4.78, 5) is 11.1. The molecule has 0 spiro atoms. The molecule has 1 amide bonds. The van der Waals surface area contributed by atoms with E-state index in [1.54, 1.807) is 0 Å². The fourth-order valence-electron chi connectivity index (χ4n) is 1.78. The highest BCUT2D eigenvalue weighted by Gasteiger charge is 2.25. The third-order valence-corrected chi connectivity index (χ3v) is 3.92. The predicted octanol–water partition coefficient (Wildman–Crippen LogP) is 2.76. The topological polar surface area (TPSA) is 63.2 Å². The molecule has 0 aromatic heterocycles. The summed E-state index contributed by atoms with van der Waals surface area (Å²) in [6.07, 6.45) is 0.724. The standard InChI is InChI=1S/C14H10F3NO3S/c1-22(20,21)11-7-6-9(16)12(13(11)17)14(19)18-10-5-3-2-4-8(10)15/h2-7H,1H3,(H,18,19). The molecule has 0 atom stereocenters. The summed E-state index contributed by atoms with van der Waals surface area (Å²) in [5, 5.41) is 2.00. The van der Waals surface area contributed by atoms with Crippen LogP contribution in [0.25, 0.3) is 0 Å². The van der Waals surface area contributed by atoms with Crippen molar-refractivity contribution in [1.82, 2.24) is 0 Å². The van der Waals surface area contributed by atoms with Crippen LogP contribution in [0.2, 0.25) is 0 Å². The highest BCUT2D eigenvalue weighted by atomic mass is 32.2. The number of nitrogens with one attached hydrogen (secondary N) is 1. The van der Waals surface area contributed by atoms with Gasteiger partial charge in [-0.05, 0) is 24.3 Å². The lowest BCUT2D eigenvalue weighted by Crippen LogP contribution is -2.18. The minimum Gasteiger partial charge on any atom is -0.319 e. The summed E-state index contributed by atoms with van der Waals surface area (Å²) in [7, 11) is -3.98. The number of sulfone groups is 1. The first-order valence-electron chi connectivity index (χ1n) is 5.95. The molecule has 2 aromatic rings. The van der Waals surface area contributed by atoms with E-state index in [4.69, 9.17) is 0 Å². The zero-order valence-electron chi connectivity index (χ0n) is 11.2. The van der Waals surface area contributed by atoms with Gasteiger partial charge >= 0.3 is 0 Å². The second-order valence-electron chi connectivity index (χ2n) is 4.44. The van der Waals surface area contributed by atoms with Crippen molar-refractivity contribution in [3.8, 4) is 0 Å². The van der Waals surface area contributed by atoms with Crippen LogP contribution in [-0.4, -0.2) is 20.6 Å². The Bertz CT molecular complexity index is 850. The number of anilines is 1. The second kappa shape index (κ2) is 5.80. The molecule has 0 saturated carbocycles. The first-order chi connectivity index (χ1) is 10.2. The fraction of sp³-hybridized carbons (Fsp3) is 0.0714. The van der Waals surface area contributed by atoms with Crippen molar-refractivity contribution in [2.45, 2.75) is 4.90 Å². The molecule has 0 unspecified atom stereocenters. The van der Waals surface area contributed by atoms with Gasteiger partial charge in [0.25, 0.3) is 5.91 Å². The Kier molecular flexibility index (Phi) is 4.23. The van der Waals surface area contributed by atoms with E-state index >= 15 is 0 Å². The molecule has 2 rings (SSSR count). The number of hydrogen-bond donors (Lipinski definition) is 1. The van der Waals surface area contributed by atoms with Gasteiger partial charge in [-0.1, -0.05) is 12.1 Å². The van der Waals surface area contributed by atoms with Crippen molar-refractivity contribution < 1.29 is 26.4 Å². The Balaban J connectivity index is 2.49. The third-order valence-electron chi connectivity index (χ3n) is 2.80. The van der Waals surface area contributed by atoms with Gasteiger partial charge < -0.3 is 5.32 Å². The third kappa shape index (κ3) is 3.11. The molecule has 116 valence electrons. The number of para-hydroxylation sites is 1. The highest BCUT2D eigenvalue weighted by Crippen LogP contribution is 2.23. The monoisotopic (exact) mass is 329 g/mol. The largest absolute Gasteiger partial charge is 0.319 e. The molecule has 0 bridgehead atoms. The van der Waals surface area contributed by atoms with Gasteiger partial charge in [0.05, 0.1) is 5.69 Å². The van der Waals surface area contributed by atoms with Gasteiger partial charge in [0, 0.05) is 6.26 Å². The predicted molar refractivity (Wildman–Crippen MR) is 73.8 cm³/mol. The Labute approximate surface area is 124 Å². The summed E-state index contributed by atoms with van der Waals surface area (Å²) in [5.74, 6) is -4.85. The lowest BCUT2D eigenvalue weighted by Gasteiger charge is -2.10. The van der Waals surface area contributed by atoms with Gasteiger partial charge in [-0.25, -0.2) is 21.6 Å². The molecule has 0 radical (unpaired) electrons. The normalized spacial score (nSPS) is 11.3. The molecule has 1 N–H and O–H groups in total. The van der Waals surface area contributed by atoms with Crippen molar-refractivity contribution in [3.05, 3.63) is 59.4 Å². The maximum absolute atomic E-state index is 14.1. The first-order valence-corrected chi connectivity index (χ1v) is 7.85. The van der Waals surface area contributed by atoms with Crippen LogP contribution in [-0.2, 0) is 9.84 Å². The van der Waals surface area contributed by atoms with E-state index in [2.05, 4.69) is 0 Å². The van der Waals surface area contributed by atoms with E-state index in [9.17, 15) is 26.4 Å². The van der Waals surface area contributed by atoms with Crippen LogP contribution in [0.15, 0.2) is 41.3 Å². The van der Waals surface area contributed by atoms with E-state index in [1.807, 2.05) is 5.32 Å². The number of benzene rings is 2. The molecule has 0 aliphatic rings. The minimum absolute atomic E-state index is 0.281. The van der Waals surface area contributed by atoms with Crippen LogP contribution in [0.1, 0.15) is 10.4 Å². The fourth-order valence-corrected chi connectivity index (χ4v) is 2.52. The van der Waals surface area contributed by atoms with Gasteiger partial charge in [-0.2, -0.15) is 0 Å². The van der Waals surface area contributed by atoms with Gasteiger partial charge in [0.2, 0.25) is 0 Å². The lowest BCUT2D eigenvalue weighted by atomic mass is 10.1. The van der Waals surface area contributed by atoms with E-state index in [0.29, 0.717) is 6.07 Å². The molecule has 0 aliphatic heterocycles. The number of halogens is 3. The van der Waals surface area contributed by atoms with E-state index < -0.39 is 43.7 Å². The van der Waals surface area contributed by atoms with Crippen molar-refractivity contribution in [2.24, 2.45) is 0 Å². The Morgan fingerprint density at radius 1 is 1.00 bits per heavy atom. The van der Waals surface area contributed by atoms with Crippen LogP contribution in [0, 0.1) is 17.5 Å². The van der Waals surface area contributed by atoms with Crippen molar-refractivity contribution in [1.29, 1.82) is 0 Å².